The molecule has 5 heteroatoms. The predicted octanol–water partition coefficient (Wildman–Crippen LogP) is 2.15. The van der Waals surface area contributed by atoms with E-state index in [1.165, 1.54) is 17.2 Å². The van der Waals surface area contributed by atoms with Crippen molar-refractivity contribution in [3.8, 4) is 0 Å². The Bertz CT molecular complexity index is 494. The second-order valence-corrected chi connectivity index (χ2v) is 5.29. The van der Waals surface area contributed by atoms with Crippen LogP contribution in [0, 0.1) is 13.8 Å². The molecule has 0 amide bonds. The number of hydrogen-bond donors (Lipinski definition) is 0. The van der Waals surface area contributed by atoms with Crippen LogP contribution in [0.1, 0.15) is 11.1 Å². The van der Waals surface area contributed by atoms with Gasteiger partial charge in [-0.25, -0.2) is 8.42 Å². The second-order valence-electron chi connectivity index (χ2n) is 3.42. The molecule has 0 aliphatic carbocycles. The molecule has 0 atom stereocenters. The third-order valence-corrected chi connectivity index (χ3v) is 3.10. The molecule has 0 aromatic heterocycles. The van der Waals surface area contributed by atoms with Crippen molar-refractivity contribution in [1.82, 2.24) is 0 Å². The van der Waals surface area contributed by atoms with Crippen LogP contribution in [0.15, 0.2) is 36.9 Å². The van der Waals surface area contributed by atoms with Crippen molar-refractivity contribution in [3.05, 3.63) is 53.6 Å². The van der Waals surface area contributed by atoms with Crippen molar-refractivity contribution in [1.29, 1.82) is 0 Å². The summed E-state index contributed by atoms with van der Waals surface area (Å²) in [6.07, 6.45) is 1.22. The normalized spacial score (nSPS) is 9.53. The molecule has 0 saturated heterocycles. The van der Waals surface area contributed by atoms with E-state index in [0.717, 1.165) is 0 Å². The maximum Gasteiger partial charge on any atom is 0.370 e. The van der Waals surface area contributed by atoms with Gasteiger partial charge in [0, 0.05) is 0 Å². The number of benzene rings is 1. The second kappa shape index (κ2) is 7.54. The quantitative estimate of drug-likeness (QED) is 0.272. The van der Waals surface area contributed by atoms with E-state index in [-0.39, 0.29) is 5.75 Å². The van der Waals surface area contributed by atoms with Crippen molar-refractivity contribution in [2.24, 2.45) is 0 Å². The van der Waals surface area contributed by atoms with Gasteiger partial charge in [-0.3, -0.25) is 0 Å². The van der Waals surface area contributed by atoms with Gasteiger partial charge < -0.3 is 5.53 Å². The lowest BCUT2D eigenvalue weighted by atomic mass is 10.1. The Morgan fingerprint density at radius 1 is 1.29 bits per heavy atom. The van der Waals surface area contributed by atoms with Crippen molar-refractivity contribution >= 4 is 15.4 Å². The lowest BCUT2D eigenvalue weighted by Crippen LogP contribution is -2.04. The first-order valence-corrected chi connectivity index (χ1v) is 6.68. The Morgan fingerprint density at radius 3 is 2.06 bits per heavy atom. The zero-order chi connectivity index (χ0) is 13.3. The van der Waals surface area contributed by atoms with Gasteiger partial charge >= 0.3 is 5.55 Å². The molecule has 1 rings (SSSR count). The third-order valence-electron chi connectivity index (χ3n) is 1.98. The summed E-state index contributed by atoms with van der Waals surface area (Å²) in [5.74, 6) is -0.197. The van der Waals surface area contributed by atoms with E-state index in [4.69, 9.17) is 5.53 Å². The van der Waals surface area contributed by atoms with Gasteiger partial charge in [0.05, 0.1) is 5.75 Å². The van der Waals surface area contributed by atoms with Crippen LogP contribution < -0.4 is 0 Å². The molecule has 0 bridgehead atoms. The summed E-state index contributed by atoms with van der Waals surface area (Å²) in [5.41, 5.74) is 11.0. The monoisotopic (exact) mass is 252 g/mol. The molecular weight excluding hydrogens is 236 g/mol. The zero-order valence-corrected chi connectivity index (χ0v) is 10.8. The van der Waals surface area contributed by atoms with Crippen LogP contribution in [0.5, 0.6) is 0 Å². The first-order valence-electron chi connectivity index (χ1n) is 4.96. The molecule has 0 heterocycles. The maximum atomic E-state index is 10.4. The highest BCUT2D eigenvalue weighted by molar-refractivity contribution is 8.04. The van der Waals surface area contributed by atoms with Gasteiger partial charge in [-0.15, -0.1) is 6.58 Å². The minimum atomic E-state index is -3.34. The highest BCUT2D eigenvalue weighted by Gasteiger charge is 2.07. The summed E-state index contributed by atoms with van der Waals surface area (Å²) in [4.78, 5) is 2.37. The molecule has 0 radical (unpaired) electrons. The van der Waals surface area contributed by atoms with E-state index in [9.17, 15) is 8.42 Å². The van der Waals surface area contributed by atoms with Gasteiger partial charge in [-0.2, -0.15) is 4.79 Å². The van der Waals surface area contributed by atoms with Gasteiger partial charge in [0.2, 0.25) is 9.84 Å². The fraction of sp³-hybridized carbons (Fsp3) is 0.250. The van der Waals surface area contributed by atoms with Crippen LogP contribution >= 0.6 is 0 Å². The van der Waals surface area contributed by atoms with E-state index < -0.39 is 9.84 Å². The summed E-state index contributed by atoms with van der Waals surface area (Å²) in [6.45, 7) is 7.45. The Morgan fingerprint density at radius 2 is 1.76 bits per heavy atom. The molecule has 0 aliphatic rings. The molecule has 0 fully saturated rings. The van der Waals surface area contributed by atoms with E-state index >= 15 is 0 Å². The number of rotatable bonds is 3. The minimum absolute atomic E-state index is 0.197. The average Bonchev–Trinajstić information content (AvgIpc) is 2.23. The first kappa shape index (κ1) is 15.3. The standard InChI is InChI=1S/C8H10.C4H6N2O2S/c1-7-5-3-4-6-8(7)2;1-2-3-9(7,8)4-6-5/h3-6H,1-2H3;2,4H,1,3H2. The van der Waals surface area contributed by atoms with Gasteiger partial charge in [0.25, 0.3) is 0 Å². The summed E-state index contributed by atoms with van der Waals surface area (Å²) >= 11 is 0. The summed E-state index contributed by atoms with van der Waals surface area (Å²) in [7, 11) is -3.34. The number of aryl methyl sites for hydroxylation is 2. The van der Waals surface area contributed by atoms with Gasteiger partial charge in [0.1, 0.15) is 0 Å². The van der Waals surface area contributed by atoms with Gasteiger partial charge in [-0.05, 0) is 25.0 Å². The molecule has 0 N–H and O–H groups in total. The van der Waals surface area contributed by atoms with E-state index in [1.807, 2.05) is 0 Å². The highest BCUT2D eigenvalue weighted by Crippen LogP contribution is 2.02. The summed E-state index contributed by atoms with van der Waals surface area (Å²) in [6, 6.07) is 8.36. The topological polar surface area (TPSA) is 70.5 Å². The molecule has 4 nitrogen and oxygen atoms in total. The molecule has 0 aliphatic heterocycles. The Labute approximate surface area is 102 Å². The molecule has 1 aromatic rings. The largest absolute Gasteiger partial charge is 0.370 e. The van der Waals surface area contributed by atoms with Crippen molar-refractivity contribution in [2.45, 2.75) is 13.8 Å². The van der Waals surface area contributed by atoms with E-state index in [1.54, 1.807) is 0 Å². The summed E-state index contributed by atoms with van der Waals surface area (Å²) < 4.78 is 20.9. The van der Waals surface area contributed by atoms with Gasteiger partial charge in [-0.1, -0.05) is 30.3 Å². The number of nitrogens with zero attached hydrogens (tertiary/aromatic N) is 2. The molecular formula is C12H16N2O2S. The molecule has 17 heavy (non-hydrogen) atoms. The van der Waals surface area contributed by atoms with Crippen LogP contribution in [-0.2, 0) is 9.84 Å². The number of sulfone groups is 1. The molecule has 0 spiro atoms. The molecule has 92 valence electrons. The van der Waals surface area contributed by atoms with Crippen LogP contribution in [0.4, 0.5) is 0 Å². The summed E-state index contributed by atoms with van der Waals surface area (Å²) in [5, 5.41) is 0. The predicted molar refractivity (Wildman–Crippen MR) is 69.6 cm³/mol. The van der Waals surface area contributed by atoms with Crippen molar-refractivity contribution in [3.63, 3.8) is 0 Å². The number of hydrogen-bond acceptors (Lipinski definition) is 2. The zero-order valence-electron chi connectivity index (χ0n) is 10.00. The molecule has 0 saturated carbocycles. The SMILES string of the molecule is C=CCS(=O)(=O)C=[N+]=[N-].Cc1ccccc1C. The van der Waals surface area contributed by atoms with Crippen LogP contribution in [0.2, 0.25) is 0 Å². The Hall–Kier alpha value is -1.71. The van der Waals surface area contributed by atoms with Gasteiger partial charge in [0.15, 0.2) is 0 Å². The molecule has 0 unspecified atom stereocenters. The fourth-order valence-electron chi connectivity index (χ4n) is 0.942. The van der Waals surface area contributed by atoms with Crippen molar-refractivity contribution < 1.29 is 13.2 Å². The lowest BCUT2D eigenvalue weighted by Gasteiger charge is -1.93. The van der Waals surface area contributed by atoms with Crippen LogP contribution in [0.3, 0.4) is 0 Å². The van der Waals surface area contributed by atoms with E-state index in [0.29, 0.717) is 5.55 Å². The smallest absolute Gasteiger partial charge is 0.361 e. The van der Waals surface area contributed by atoms with Crippen LogP contribution in [-0.4, -0.2) is 24.5 Å². The minimum Gasteiger partial charge on any atom is -0.361 e. The van der Waals surface area contributed by atoms with Crippen LogP contribution in [0.25, 0.3) is 5.53 Å². The molecule has 1 aromatic carbocycles. The Kier molecular flexibility index (Phi) is 6.79. The third kappa shape index (κ3) is 7.22. The lowest BCUT2D eigenvalue weighted by molar-refractivity contribution is 0.00756. The van der Waals surface area contributed by atoms with Crippen molar-refractivity contribution in [2.75, 3.05) is 5.75 Å². The average molecular weight is 252 g/mol. The highest BCUT2D eigenvalue weighted by atomic mass is 32.2. The maximum absolute atomic E-state index is 10.4. The fourth-order valence-corrected chi connectivity index (χ4v) is 1.50. The first-order chi connectivity index (χ1) is 7.93. The Balaban J connectivity index is 0.000000302. The van der Waals surface area contributed by atoms with E-state index in [2.05, 4.69) is 49.5 Å².